The largest absolute Gasteiger partial charge is 0.507 e. The van der Waals surface area contributed by atoms with E-state index in [0.29, 0.717) is 42.3 Å². The van der Waals surface area contributed by atoms with Gasteiger partial charge in [-0.25, -0.2) is 4.79 Å². The van der Waals surface area contributed by atoms with Gasteiger partial charge in [0, 0.05) is 11.1 Å². The van der Waals surface area contributed by atoms with Crippen molar-refractivity contribution >= 4 is 11.9 Å². The summed E-state index contributed by atoms with van der Waals surface area (Å²) in [5.41, 5.74) is 4.94. The molecule has 0 radical (unpaired) electrons. The van der Waals surface area contributed by atoms with Gasteiger partial charge < -0.3 is 26.0 Å². The van der Waals surface area contributed by atoms with Gasteiger partial charge in [-0.2, -0.15) is 13.2 Å². The topological polar surface area (TPSA) is 131 Å². The second kappa shape index (κ2) is 10.3. The summed E-state index contributed by atoms with van der Waals surface area (Å²) in [6.45, 7) is 5.16. The molecule has 11 heteroatoms. The first kappa shape index (κ1) is 26.5. The van der Waals surface area contributed by atoms with Crippen LogP contribution in [0.2, 0.25) is 0 Å². The smallest absolute Gasteiger partial charge is 0.416 e. The number of halogens is 3. The van der Waals surface area contributed by atoms with Crippen LogP contribution in [0.5, 0.6) is 5.75 Å². The first-order valence-corrected chi connectivity index (χ1v) is 11.5. The van der Waals surface area contributed by atoms with Crippen molar-refractivity contribution in [2.45, 2.75) is 83.2 Å². The molecule has 5 N–H and O–H groups in total. The Bertz CT molecular complexity index is 1080. The predicted octanol–water partition coefficient (Wildman–Crippen LogP) is 4.70. The Hall–Kier alpha value is -3.08. The van der Waals surface area contributed by atoms with Crippen LogP contribution in [0.1, 0.15) is 62.6 Å². The van der Waals surface area contributed by atoms with E-state index in [4.69, 9.17) is 10.5 Å². The highest BCUT2D eigenvalue weighted by Crippen LogP contribution is 2.38. The van der Waals surface area contributed by atoms with E-state index in [9.17, 15) is 28.2 Å². The monoisotopic (exact) mass is 496 g/mol. The van der Waals surface area contributed by atoms with Crippen molar-refractivity contribution < 1.29 is 32.9 Å². The number of carbonyl (C=O) groups excluding carboxylic acids is 1. The summed E-state index contributed by atoms with van der Waals surface area (Å²) in [6.07, 6.45) is -2.03. The number of ether oxygens (including phenoxy) is 1. The van der Waals surface area contributed by atoms with E-state index in [0.717, 1.165) is 31.4 Å². The number of aromatic nitrogens is 2. The molecule has 2 atom stereocenters. The number of carbonyl (C=O) groups is 1. The molecule has 192 valence electrons. The van der Waals surface area contributed by atoms with Crippen molar-refractivity contribution in [3.8, 4) is 17.0 Å². The fraction of sp³-hybridized carbons (Fsp3) is 0.542. The number of phenolic OH excluding ortho intramolecular Hbond substituents is 1. The third kappa shape index (κ3) is 6.53. The normalized spacial score (nSPS) is 18.8. The van der Waals surface area contributed by atoms with Gasteiger partial charge in [0.25, 0.3) is 0 Å². The summed E-state index contributed by atoms with van der Waals surface area (Å²) >= 11 is 0. The Labute approximate surface area is 201 Å². The van der Waals surface area contributed by atoms with E-state index in [1.54, 1.807) is 20.8 Å². The van der Waals surface area contributed by atoms with Gasteiger partial charge in [0.1, 0.15) is 11.4 Å². The van der Waals surface area contributed by atoms with E-state index < -0.39 is 35.3 Å². The molecule has 1 amide bonds. The Morgan fingerprint density at radius 1 is 1.23 bits per heavy atom. The maximum atomic E-state index is 13.0. The minimum Gasteiger partial charge on any atom is -0.507 e. The average molecular weight is 497 g/mol. The number of alkyl halides is 3. The molecule has 1 aromatic heterocycles. The van der Waals surface area contributed by atoms with Crippen LogP contribution in [0.3, 0.4) is 0 Å². The van der Waals surface area contributed by atoms with Crippen LogP contribution >= 0.6 is 0 Å². The van der Waals surface area contributed by atoms with E-state index in [-0.39, 0.29) is 17.3 Å². The van der Waals surface area contributed by atoms with Crippen molar-refractivity contribution in [2.75, 3.05) is 5.32 Å². The summed E-state index contributed by atoms with van der Waals surface area (Å²) in [6, 6.07) is 2.47. The van der Waals surface area contributed by atoms with Crippen LogP contribution in [-0.4, -0.2) is 44.3 Å². The van der Waals surface area contributed by atoms with Crippen LogP contribution in [0.25, 0.3) is 11.3 Å². The van der Waals surface area contributed by atoms with Gasteiger partial charge in [-0.3, -0.25) is 0 Å². The van der Waals surface area contributed by atoms with Gasteiger partial charge in [-0.1, -0.05) is 12.8 Å². The molecule has 8 nitrogen and oxygen atoms in total. The standard InChI is InChI=1S/C24H31F3N4O4/c1-13-15(10-11-23(2,3)35-22(28)34)21(29-17-6-4-5-7-18(17)32)31-30-20(13)16-9-8-14(12-19(16)33)24(25,26)27/h8-9,12,17-18,32-33H,4-7,10-11H2,1-3H3,(H2,28,34)(H,29,31)/t17-,18-/m1/s1. The molecule has 0 saturated heterocycles. The first-order chi connectivity index (χ1) is 16.3. The molecule has 2 aromatic rings. The third-order valence-corrected chi connectivity index (χ3v) is 6.33. The van der Waals surface area contributed by atoms with Gasteiger partial charge >= 0.3 is 12.3 Å². The molecule has 0 unspecified atom stereocenters. The average Bonchev–Trinajstić information content (AvgIpc) is 2.74. The number of benzene rings is 1. The van der Waals surface area contributed by atoms with Crippen LogP contribution in [0, 0.1) is 6.92 Å². The molecule has 0 spiro atoms. The Morgan fingerprint density at radius 2 is 1.91 bits per heavy atom. The molecule has 0 bridgehead atoms. The van der Waals surface area contributed by atoms with E-state index >= 15 is 0 Å². The number of phenols is 1. The molecule has 1 fully saturated rings. The highest BCUT2D eigenvalue weighted by atomic mass is 19.4. The molecular formula is C24H31F3N4O4. The Balaban J connectivity index is 2.01. The van der Waals surface area contributed by atoms with E-state index in [1.165, 1.54) is 0 Å². The number of nitrogens with zero attached hydrogens (tertiary/aromatic N) is 2. The number of aromatic hydroxyl groups is 1. The molecular weight excluding hydrogens is 465 g/mol. The lowest BCUT2D eigenvalue weighted by Gasteiger charge is -2.30. The fourth-order valence-electron chi connectivity index (χ4n) is 4.35. The van der Waals surface area contributed by atoms with Gasteiger partial charge in [-0.15, -0.1) is 10.2 Å². The highest BCUT2D eigenvalue weighted by Gasteiger charge is 2.32. The predicted molar refractivity (Wildman–Crippen MR) is 124 cm³/mol. The molecule has 0 aliphatic heterocycles. The minimum atomic E-state index is -4.59. The summed E-state index contributed by atoms with van der Waals surface area (Å²) < 4.78 is 44.3. The Morgan fingerprint density at radius 3 is 2.51 bits per heavy atom. The number of nitrogens with two attached hydrogens (primary N) is 1. The summed E-state index contributed by atoms with van der Waals surface area (Å²) in [5.74, 6) is -0.137. The number of nitrogens with one attached hydrogen (secondary N) is 1. The van der Waals surface area contributed by atoms with E-state index in [1.807, 2.05) is 0 Å². The molecule has 1 aromatic carbocycles. The number of rotatable bonds is 7. The molecule has 1 aliphatic rings. The molecule has 1 saturated carbocycles. The second-order valence-electron chi connectivity index (χ2n) is 9.51. The minimum absolute atomic E-state index is 0.112. The lowest BCUT2D eigenvalue weighted by atomic mass is 9.91. The van der Waals surface area contributed by atoms with Crippen LogP contribution < -0.4 is 11.1 Å². The Kier molecular flexibility index (Phi) is 7.78. The van der Waals surface area contributed by atoms with Crippen LogP contribution in [-0.2, 0) is 17.3 Å². The molecule has 1 heterocycles. The van der Waals surface area contributed by atoms with Gasteiger partial charge in [0.2, 0.25) is 0 Å². The van der Waals surface area contributed by atoms with Crippen molar-refractivity contribution in [1.82, 2.24) is 10.2 Å². The first-order valence-electron chi connectivity index (χ1n) is 11.5. The number of aliphatic hydroxyl groups excluding tert-OH is 1. The van der Waals surface area contributed by atoms with Gasteiger partial charge in [-0.05, 0) is 70.2 Å². The zero-order chi connectivity index (χ0) is 26.0. The molecule has 3 rings (SSSR count). The SMILES string of the molecule is Cc1c(-c2ccc(C(F)(F)F)cc2O)nnc(N[C@@H]2CCCC[C@H]2O)c1CCC(C)(C)OC(N)=O. The van der Waals surface area contributed by atoms with Crippen molar-refractivity contribution in [3.05, 3.63) is 34.9 Å². The summed E-state index contributed by atoms with van der Waals surface area (Å²) in [4.78, 5) is 11.3. The lowest BCUT2D eigenvalue weighted by Crippen LogP contribution is -2.37. The maximum absolute atomic E-state index is 13.0. The van der Waals surface area contributed by atoms with Gasteiger partial charge in [0.05, 0.1) is 23.4 Å². The maximum Gasteiger partial charge on any atom is 0.416 e. The lowest BCUT2D eigenvalue weighted by molar-refractivity contribution is -0.137. The number of hydrogen-bond donors (Lipinski definition) is 4. The highest BCUT2D eigenvalue weighted by molar-refractivity contribution is 5.72. The third-order valence-electron chi connectivity index (χ3n) is 6.33. The molecule has 35 heavy (non-hydrogen) atoms. The number of hydrogen-bond acceptors (Lipinski definition) is 7. The number of aliphatic hydroxyl groups is 1. The number of primary amides is 1. The van der Waals surface area contributed by atoms with Crippen LogP contribution in [0.15, 0.2) is 18.2 Å². The summed E-state index contributed by atoms with van der Waals surface area (Å²) in [7, 11) is 0. The zero-order valence-corrected chi connectivity index (χ0v) is 19.9. The zero-order valence-electron chi connectivity index (χ0n) is 19.9. The quantitative estimate of drug-likeness (QED) is 0.437. The van der Waals surface area contributed by atoms with Crippen molar-refractivity contribution in [3.63, 3.8) is 0 Å². The van der Waals surface area contributed by atoms with Gasteiger partial charge in [0.15, 0.2) is 5.82 Å². The molecule has 1 aliphatic carbocycles. The van der Waals surface area contributed by atoms with E-state index in [2.05, 4.69) is 15.5 Å². The number of amides is 1. The fourth-order valence-corrected chi connectivity index (χ4v) is 4.35. The summed E-state index contributed by atoms with van der Waals surface area (Å²) in [5, 5.41) is 32.5. The van der Waals surface area contributed by atoms with Crippen molar-refractivity contribution in [1.29, 1.82) is 0 Å². The second-order valence-corrected chi connectivity index (χ2v) is 9.51. The number of anilines is 1. The van der Waals surface area contributed by atoms with Crippen molar-refractivity contribution in [2.24, 2.45) is 5.73 Å². The van der Waals surface area contributed by atoms with Crippen LogP contribution in [0.4, 0.5) is 23.8 Å².